The van der Waals surface area contributed by atoms with Gasteiger partial charge in [-0.3, -0.25) is 0 Å². The van der Waals surface area contributed by atoms with E-state index in [0.29, 0.717) is 10.9 Å². The predicted molar refractivity (Wildman–Crippen MR) is 52.8 cm³/mol. The Morgan fingerprint density at radius 2 is 2.33 bits per heavy atom. The summed E-state index contributed by atoms with van der Waals surface area (Å²) in [6, 6.07) is 0. The van der Waals surface area contributed by atoms with Crippen LogP contribution in [0.5, 0.6) is 0 Å². The highest BCUT2D eigenvalue weighted by molar-refractivity contribution is 9.09. The smallest absolute Gasteiger partial charge is 0.0959 e. The molecule has 0 aromatic heterocycles. The lowest BCUT2D eigenvalue weighted by molar-refractivity contribution is -0.00805. The van der Waals surface area contributed by atoms with Crippen molar-refractivity contribution in [2.75, 3.05) is 13.2 Å². The van der Waals surface area contributed by atoms with Gasteiger partial charge in [-0.05, 0) is 13.3 Å². The van der Waals surface area contributed by atoms with E-state index in [9.17, 15) is 0 Å². The lowest BCUT2D eigenvalue weighted by Gasteiger charge is -2.18. The van der Waals surface area contributed by atoms with Gasteiger partial charge in [-0.15, -0.1) is 0 Å². The number of hydrogen-bond donors (Lipinski definition) is 0. The minimum Gasteiger partial charge on any atom is -0.377 e. The molecule has 0 radical (unpaired) electrons. The summed E-state index contributed by atoms with van der Waals surface area (Å²) < 4.78 is 11.1. The van der Waals surface area contributed by atoms with E-state index >= 15 is 0 Å². The topological polar surface area (TPSA) is 18.5 Å². The molecule has 3 unspecified atom stereocenters. The van der Waals surface area contributed by atoms with Gasteiger partial charge in [-0.25, -0.2) is 0 Å². The molecule has 0 spiro atoms. The Kier molecular flexibility index (Phi) is 4.54. The summed E-state index contributed by atoms with van der Waals surface area (Å²) in [5.41, 5.74) is 0. The van der Waals surface area contributed by atoms with Crippen molar-refractivity contribution in [1.82, 2.24) is 0 Å². The summed E-state index contributed by atoms with van der Waals surface area (Å²) in [5, 5.41) is 0. The molecular formula is C9H17BrO2. The van der Waals surface area contributed by atoms with Gasteiger partial charge in [0, 0.05) is 0 Å². The molecule has 12 heavy (non-hydrogen) atoms. The third-order valence-electron chi connectivity index (χ3n) is 2.06. The van der Waals surface area contributed by atoms with E-state index in [1.807, 2.05) is 0 Å². The molecule has 0 N–H and O–H groups in total. The minimum atomic E-state index is 0.256. The molecule has 2 nitrogen and oxygen atoms in total. The molecule has 0 saturated carbocycles. The summed E-state index contributed by atoms with van der Waals surface area (Å²) in [5.74, 6) is 0. The summed E-state index contributed by atoms with van der Waals surface area (Å²) in [4.78, 5) is 0.386. The van der Waals surface area contributed by atoms with Crippen LogP contribution in [-0.2, 0) is 9.47 Å². The Morgan fingerprint density at radius 3 is 2.83 bits per heavy atom. The highest BCUT2D eigenvalue weighted by Crippen LogP contribution is 2.19. The minimum absolute atomic E-state index is 0.256. The van der Waals surface area contributed by atoms with Gasteiger partial charge in [0.15, 0.2) is 0 Å². The van der Waals surface area contributed by atoms with Gasteiger partial charge < -0.3 is 9.47 Å². The molecule has 1 aliphatic heterocycles. The normalized spacial score (nSPS) is 32.2. The zero-order valence-corrected chi connectivity index (χ0v) is 9.34. The Bertz CT molecular complexity index is 130. The lowest BCUT2D eigenvalue weighted by Crippen LogP contribution is -2.26. The second-order valence-corrected chi connectivity index (χ2v) is 4.50. The number of hydrogen-bond acceptors (Lipinski definition) is 2. The first-order valence-corrected chi connectivity index (χ1v) is 5.53. The maximum Gasteiger partial charge on any atom is 0.0959 e. The Hall–Kier alpha value is 0.400. The molecule has 0 amide bonds. The standard InChI is InChI=1S/C9H17BrO2/c1-3-4-7(2)12-9-6-11-5-8(9)10/h7-9H,3-6H2,1-2H3. The average molecular weight is 237 g/mol. The van der Waals surface area contributed by atoms with Gasteiger partial charge in [0.05, 0.1) is 30.2 Å². The van der Waals surface area contributed by atoms with Crippen LogP contribution < -0.4 is 0 Å². The second kappa shape index (κ2) is 5.20. The van der Waals surface area contributed by atoms with Gasteiger partial charge in [-0.2, -0.15) is 0 Å². The van der Waals surface area contributed by atoms with Crippen molar-refractivity contribution < 1.29 is 9.47 Å². The van der Waals surface area contributed by atoms with Gasteiger partial charge in [0.25, 0.3) is 0 Å². The fourth-order valence-electron chi connectivity index (χ4n) is 1.41. The molecule has 72 valence electrons. The van der Waals surface area contributed by atoms with E-state index in [1.165, 1.54) is 6.42 Å². The third-order valence-corrected chi connectivity index (χ3v) is 2.92. The SMILES string of the molecule is CCCC(C)OC1COCC1Br. The van der Waals surface area contributed by atoms with E-state index < -0.39 is 0 Å². The summed E-state index contributed by atoms with van der Waals surface area (Å²) in [7, 11) is 0. The van der Waals surface area contributed by atoms with Crippen molar-refractivity contribution in [1.29, 1.82) is 0 Å². The molecule has 1 heterocycles. The Balaban J connectivity index is 2.20. The van der Waals surface area contributed by atoms with Crippen molar-refractivity contribution in [2.24, 2.45) is 0 Å². The fraction of sp³-hybridized carbons (Fsp3) is 1.00. The van der Waals surface area contributed by atoms with E-state index in [1.54, 1.807) is 0 Å². The molecule has 1 saturated heterocycles. The van der Waals surface area contributed by atoms with Gasteiger partial charge in [0.1, 0.15) is 0 Å². The van der Waals surface area contributed by atoms with Crippen LogP contribution in [0.15, 0.2) is 0 Å². The highest BCUT2D eigenvalue weighted by Gasteiger charge is 2.27. The summed E-state index contributed by atoms with van der Waals surface area (Å²) >= 11 is 3.53. The van der Waals surface area contributed by atoms with E-state index in [2.05, 4.69) is 29.8 Å². The molecule has 3 heteroatoms. The number of rotatable bonds is 4. The molecule has 1 fully saturated rings. The number of halogens is 1. The summed E-state index contributed by atoms with van der Waals surface area (Å²) in [6.07, 6.45) is 2.94. The van der Waals surface area contributed by atoms with Crippen LogP contribution in [0.1, 0.15) is 26.7 Å². The first kappa shape index (κ1) is 10.5. The van der Waals surface area contributed by atoms with Crippen LogP contribution in [0.3, 0.4) is 0 Å². The second-order valence-electron chi connectivity index (χ2n) is 3.33. The van der Waals surface area contributed by atoms with Gasteiger partial charge in [0.2, 0.25) is 0 Å². The van der Waals surface area contributed by atoms with Crippen LogP contribution in [-0.4, -0.2) is 30.2 Å². The maximum absolute atomic E-state index is 5.79. The van der Waals surface area contributed by atoms with Crippen LogP contribution in [0.4, 0.5) is 0 Å². The molecular weight excluding hydrogens is 220 g/mol. The van der Waals surface area contributed by atoms with Crippen molar-refractivity contribution in [3.05, 3.63) is 0 Å². The third kappa shape index (κ3) is 3.04. The molecule has 0 bridgehead atoms. The molecule has 0 aromatic rings. The maximum atomic E-state index is 5.79. The zero-order valence-electron chi connectivity index (χ0n) is 7.75. The molecule has 0 aliphatic carbocycles. The fourth-order valence-corrected chi connectivity index (χ4v) is 1.87. The zero-order chi connectivity index (χ0) is 8.97. The first-order chi connectivity index (χ1) is 5.74. The van der Waals surface area contributed by atoms with Crippen LogP contribution in [0, 0.1) is 0 Å². The molecule has 1 rings (SSSR count). The largest absolute Gasteiger partial charge is 0.377 e. The van der Waals surface area contributed by atoms with Crippen LogP contribution in [0.2, 0.25) is 0 Å². The summed E-state index contributed by atoms with van der Waals surface area (Å²) in [6.45, 7) is 5.83. The van der Waals surface area contributed by atoms with Crippen molar-refractivity contribution in [3.8, 4) is 0 Å². The van der Waals surface area contributed by atoms with Crippen LogP contribution >= 0.6 is 15.9 Å². The first-order valence-electron chi connectivity index (χ1n) is 4.61. The van der Waals surface area contributed by atoms with Crippen LogP contribution in [0.25, 0.3) is 0 Å². The van der Waals surface area contributed by atoms with E-state index in [-0.39, 0.29) is 6.10 Å². The predicted octanol–water partition coefficient (Wildman–Crippen LogP) is 2.35. The van der Waals surface area contributed by atoms with Gasteiger partial charge >= 0.3 is 0 Å². The van der Waals surface area contributed by atoms with Crippen molar-refractivity contribution >= 4 is 15.9 Å². The number of alkyl halides is 1. The van der Waals surface area contributed by atoms with Crippen molar-refractivity contribution in [2.45, 2.75) is 43.7 Å². The van der Waals surface area contributed by atoms with E-state index in [4.69, 9.17) is 9.47 Å². The molecule has 0 aromatic carbocycles. The van der Waals surface area contributed by atoms with Gasteiger partial charge in [-0.1, -0.05) is 29.3 Å². The monoisotopic (exact) mass is 236 g/mol. The Morgan fingerprint density at radius 1 is 1.58 bits per heavy atom. The molecule has 3 atom stereocenters. The number of ether oxygens (including phenoxy) is 2. The molecule has 1 aliphatic rings. The van der Waals surface area contributed by atoms with Crippen molar-refractivity contribution in [3.63, 3.8) is 0 Å². The van der Waals surface area contributed by atoms with E-state index in [0.717, 1.165) is 19.6 Å². The quantitative estimate of drug-likeness (QED) is 0.699. The Labute approximate surface area is 82.7 Å². The average Bonchev–Trinajstić information content (AvgIpc) is 2.37. The lowest BCUT2D eigenvalue weighted by atomic mass is 10.2. The highest BCUT2D eigenvalue weighted by atomic mass is 79.9.